The van der Waals surface area contributed by atoms with Crippen molar-refractivity contribution in [3.05, 3.63) is 10.6 Å². The highest BCUT2D eigenvalue weighted by molar-refractivity contribution is 7.05. The Balaban J connectivity index is 2.58. The van der Waals surface area contributed by atoms with Gasteiger partial charge >= 0.3 is 0 Å². The van der Waals surface area contributed by atoms with E-state index in [1.165, 1.54) is 11.5 Å². The van der Waals surface area contributed by atoms with Crippen molar-refractivity contribution in [2.45, 2.75) is 39.2 Å². The largest absolute Gasteiger partial charge is 0.323 e. The van der Waals surface area contributed by atoms with Gasteiger partial charge in [-0.05, 0) is 31.3 Å². The highest BCUT2D eigenvalue weighted by Gasteiger charge is 2.13. The Hall–Kier alpha value is -0.920. The van der Waals surface area contributed by atoms with Crippen molar-refractivity contribution in [3.63, 3.8) is 0 Å². The number of hydrogen-bond acceptors (Lipinski definition) is 4. The fourth-order valence-electron chi connectivity index (χ4n) is 1.23. The molecule has 0 aromatic carbocycles. The van der Waals surface area contributed by atoms with Crippen LogP contribution >= 0.6 is 11.5 Å². The van der Waals surface area contributed by atoms with Crippen molar-refractivity contribution in [2.75, 3.05) is 0 Å². The van der Waals surface area contributed by atoms with Gasteiger partial charge in [0.05, 0.1) is 10.6 Å². The first-order chi connectivity index (χ1) is 6.79. The van der Waals surface area contributed by atoms with Crippen LogP contribution in [0.3, 0.4) is 0 Å². The summed E-state index contributed by atoms with van der Waals surface area (Å²) in [6, 6.07) is 0.0470. The molecule has 0 radical (unpaired) electrons. The Morgan fingerprint density at radius 2 is 2.36 bits per heavy atom. The summed E-state index contributed by atoms with van der Waals surface area (Å²) in [6.07, 6.45) is 2.63. The van der Waals surface area contributed by atoms with Crippen LogP contribution < -0.4 is 5.73 Å². The monoisotopic (exact) mass is 209 g/mol. The minimum atomic E-state index is 0.0470. The summed E-state index contributed by atoms with van der Waals surface area (Å²) in [5.74, 6) is 5.88. The van der Waals surface area contributed by atoms with Gasteiger partial charge in [-0.15, -0.1) is 16.9 Å². The van der Waals surface area contributed by atoms with E-state index in [1.807, 2.05) is 6.92 Å². The summed E-state index contributed by atoms with van der Waals surface area (Å²) in [7, 11) is 0. The predicted molar refractivity (Wildman–Crippen MR) is 58.9 cm³/mol. The van der Waals surface area contributed by atoms with E-state index in [2.05, 4.69) is 28.4 Å². The second-order valence-corrected chi connectivity index (χ2v) is 3.80. The number of aromatic nitrogens is 2. The maximum absolute atomic E-state index is 6.02. The average Bonchev–Trinajstić information content (AvgIpc) is 2.65. The second-order valence-electron chi connectivity index (χ2n) is 3.01. The van der Waals surface area contributed by atoms with E-state index in [-0.39, 0.29) is 6.04 Å². The third kappa shape index (κ3) is 2.79. The van der Waals surface area contributed by atoms with Gasteiger partial charge in [-0.1, -0.05) is 11.4 Å². The second kappa shape index (κ2) is 5.74. The minimum Gasteiger partial charge on any atom is -0.323 e. The average molecular weight is 209 g/mol. The molecular weight excluding hydrogens is 194 g/mol. The van der Waals surface area contributed by atoms with Crippen molar-refractivity contribution >= 4 is 11.5 Å². The van der Waals surface area contributed by atoms with E-state index >= 15 is 0 Å². The molecule has 2 N–H and O–H groups in total. The lowest BCUT2D eigenvalue weighted by Gasteiger charge is -2.07. The first kappa shape index (κ1) is 11.2. The van der Waals surface area contributed by atoms with Gasteiger partial charge in [-0.2, -0.15) is 0 Å². The maximum Gasteiger partial charge on any atom is 0.0800 e. The number of nitrogens with two attached hydrogens (primary N) is 1. The lowest BCUT2D eigenvalue weighted by molar-refractivity contribution is 0.669. The van der Waals surface area contributed by atoms with Gasteiger partial charge in [0.15, 0.2) is 0 Å². The van der Waals surface area contributed by atoms with Crippen LogP contribution in [-0.2, 0) is 6.42 Å². The lowest BCUT2D eigenvalue weighted by Crippen LogP contribution is -2.10. The van der Waals surface area contributed by atoms with Crippen LogP contribution in [0.15, 0.2) is 0 Å². The third-order valence-electron chi connectivity index (χ3n) is 2.01. The van der Waals surface area contributed by atoms with Crippen molar-refractivity contribution < 1.29 is 0 Å². The van der Waals surface area contributed by atoms with E-state index in [0.717, 1.165) is 29.8 Å². The van der Waals surface area contributed by atoms with Gasteiger partial charge < -0.3 is 5.73 Å². The smallest absolute Gasteiger partial charge is 0.0800 e. The first-order valence-corrected chi connectivity index (χ1v) is 5.53. The number of aryl methyl sites for hydroxylation is 1. The Kier molecular flexibility index (Phi) is 4.57. The molecule has 4 heteroatoms. The Morgan fingerprint density at radius 1 is 1.57 bits per heavy atom. The van der Waals surface area contributed by atoms with Crippen LogP contribution in [0.4, 0.5) is 0 Å². The zero-order valence-corrected chi connectivity index (χ0v) is 9.40. The van der Waals surface area contributed by atoms with Gasteiger partial charge in [0, 0.05) is 12.5 Å². The highest BCUT2D eigenvalue weighted by atomic mass is 32.1. The molecule has 1 aromatic heterocycles. The molecule has 0 aliphatic heterocycles. The Bertz CT molecular complexity index is 335. The fraction of sp³-hybridized carbons (Fsp3) is 0.600. The van der Waals surface area contributed by atoms with Crippen molar-refractivity contribution in [3.8, 4) is 11.8 Å². The molecule has 1 rings (SSSR count). The van der Waals surface area contributed by atoms with E-state index < -0.39 is 0 Å². The molecule has 0 bridgehead atoms. The van der Waals surface area contributed by atoms with Crippen molar-refractivity contribution in [1.82, 2.24) is 9.59 Å². The molecule has 0 spiro atoms. The molecule has 1 unspecified atom stereocenters. The highest BCUT2D eigenvalue weighted by Crippen LogP contribution is 2.22. The predicted octanol–water partition coefficient (Wildman–Crippen LogP) is 1.90. The van der Waals surface area contributed by atoms with Crippen LogP contribution in [0.2, 0.25) is 0 Å². The summed E-state index contributed by atoms with van der Waals surface area (Å²) in [4.78, 5) is 1.12. The molecule has 1 aromatic rings. The number of nitrogens with zero attached hydrogens (tertiary/aromatic N) is 2. The Morgan fingerprint density at radius 3 is 3.00 bits per heavy atom. The topological polar surface area (TPSA) is 51.8 Å². The van der Waals surface area contributed by atoms with Crippen molar-refractivity contribution in [1.29, 1.82) is 0 Å². The van der Waals surface area contributed by atoms with Gasteiger partial charge in [0.1, 0.15) is 0 Å². The standard InChI is InChI=1S/C10H15N3S/c1-3-5-6-7-8(11)10-9(4-2)12-13-14-10/h8H,4,6-7,11H2,1-2H3. The van der Waals surface area contributed by atoms with Gasteiger partial charge in [-0.3, -0.25) is 0 Å². The SMILES string of the molecule is CC#CCCC(N)c1snnc1CC. The summed E-state index contributed by atoms with van der Waals surface area (Å²) < 4.78 is 3.92. The molecule has 1 atom stereocenters. The Labute approximate surface area is 88.9 Å². The van der Waals surface area contributed by atoms with Crippen LogP contribution in [0, 0.1) is 11.8 Å². The molecule has 0 fully saturated rings. The molecular formula is C10H15N3S. The van der Waals surface area contributed by atoms with E-state index in [1.54, 1.807) is 0 Å². The molecule has 0 saturated heterocycles. The molecule has 0 aliphatic rings. The maximum atomic E-state index is 6.02. The van der Waals surface area contributed by atoms with Crippen LogP contribution in [-0.4, -0.2) is 9.59 Å². The van der Waals surface area contributed by atoms with Crippen molar-refractivity contribution in [2.24, 2.45) is 5.73 Å². The van der Waals surface area contributed by atoms with Crippen LogP contribution in [0.5, 0.6) is 0 Å². The summed E-state index contributed by atoms with van der Waals surface area (Å²) in [6.45, 7) is 3.91. The summed E-state index contributed by atoms with van der Waals surface area (Å²) in [5.41, 5.74) is 7.05. The minimum absolute atomic E-state index is 0.0470. The zero-order chi connectivity index (χ0) is 10.4. The number of rotatable bonds is 4. The van der Waals surface area contributed by atoms with Gasteiger partial charge in [0.2, 0.25) is 0 Å². The third-order valence-corrected chi connectivity index (χ3v) is 2.91. The fourth-order valence-corrected chi connectivity index (χ4v) is 2.00. The first-order valence-electron chi connectivity index (χ1n) is 4.75. The quantitative estimate of drug-likeness (QED) is 0.771. The lowest BCUT2D eigenvalue weighted by atomic mass is 10.1. The molecule has 3 nitrogen and oxygen atoms in total. The van der Waals surface area contributed by atoms with Crippen LogP contribution in [0.1, 0.15) is 43.3 Å². The normalized spacial score (nSPS) is 11.9. The van der Waals surface area contributed by atoms with Gasteiger partial charge in [0.25, 0.3) is 0 Å². The molecule has 76 valence electrons. The van der Waals surface area contributed by atoms with E-state index in [9.17, 15) is 0 Å². The molecule has 0 saturated carbocycles. The summed E-state index contributed by atoms with van der Waals surface area (Å²) >= 11 is 1.41. The number of hydrogen-bond donors (Lipinski definition) is 1. The van der Waals surface area contributed by atoms with E-state index in [4.69, 9.17) is 5.73 Å². The summed E-state index contributed by atoms with van der Waals surface area (Å²) in [5, 5.41) is 4.04. The molecule has 14 heavy (non-hydrogen) atoms. The molecule has 0 amide bonds. The molecule has 0 aliphatic carbocycles. The van der Waals surface area contributed by atoms with E-state index in [0.29, 0.717) is 0 Å². The molecule has 1 heterocycles. The zero-order valence-electron chi connectivity index (χ0n) is 8.58. The van der Waals surface area contributed by atoms with Gasteiger partial charge in [-0.25, -0.2) is 0 Å². The van der Waals surface area contributed by atoms with Crippen LogP contribution in [0.25, 0.3) is 0 Å².